The second kappa shape index (κ2) is 11.9. The number of piperidine rings is 1. The lowest BCUT2D eigenvalue weighted by atomic mass is 9.83. The van der Waals surface area contributed by atoms with Crippen LogP contribution < -0.4 is 5.56 Å². The maximum atomic E-state index is 13.1. The van der Waals surface area contributed by atoms with Crippen LogP contribution in [0.1, 0.15) is 64.2 Å². The van der Waals surface area contributed by atoms with Gasteiger partial charge < -0.3 is 19.8 Å². The SMILES string of the molecule is Cc1ccccc1C(C/C(=N/O)c1ccc(=O)n(C)c1)c1ccc(C(=O)N2CCC(CC(=O)O)CC2)cc1. The maximum absolute atomic E-state index is 13.1. The number of aryl methyl sites for hydroxylation is 2. The zero-order valence-corrected chi connectivity index (χ0v) is 21.7. The summed E-state index contributed by atoms with van der Waals surface area (Å²) in [6.45, 7) is 3.15. The number of rotatable bonds is 8. The highest BCUT2D eigenvalue weighted by molar-refractivity contribution is 6.00. The molecule has 1 aliphatic rings. The molecule has 1 aromatic heterocycles. The van der Waals surface area contributed by atoms with E-state index in [1.54, 1.807) is 24.2 Å². The fourth-order valence-corrected chi connectivity index (χ4v) is 5.19. The number of carboxylic acids is 1. The Morgan fingerprint density at radius 1 is 1.00 bits per heavy atom. The van der Waals surface area contributed by atoms with Gasteiger partial charge >= 0.3 is 5.97 Å². The summed E-state index contributed by atoms with van der Waals surface area (Å²) in [5, 5.41) is 22.5. The van der Waals surface area contributed by atoms with Gasteiger partial charge in [0.2, 0.25) is 5.56 Å². The Labute approximate surface area is 221 Å². The Morgan fingerprint density at radius 3 is 2.26 bits per heavy atom. The van der Waals surface area contributed by atoms with Crippen molar-refractivity contribution in [1.29, 1.82) is 0 Å². The maximum Gasteiger partial charge on any atom is 0.303 e. The monoisotopic (exact) mass is 515 g/mol. The molecule has 8 nitrogen and oxygen atoms in total. The minimum absolute atomic E-state index is 0.0550. The lowest BCUT2D eigenvalue weighted by Crippen LogP contribution is -2.38. The average molecular weight is 516 g/mol. The van der Waals surface area contributed by atoms with E-state index in [9.17, 15) is 19.6 Å². The Kier molecular flexibility index (Phi) is 8.41. The number of aromatic nitrogens is 1. The highest BCUT2D eigenvalue weighted by Crippen LogP contribution is 2.32. The highest BCUT2D eigenvalue weighted by atomic mass is 16.4. The third-order valence-electron chi connectivity index (χ3n) is 7.43. The van der Waals surface area contributed by atoms with Crippen molar-refractivity contribution in [3.8, 4) is 0 Å². The second-order valence-corrected chi connectivity index (χ2v) is 9.98. The molecule has 8 heteroatoms. The van der Waals surface area contributed by atoms with E-state index in [1.165, 1.54) is 10.6 Å². The number of nitrogens with zero attached hydrogens (tertiary/aromatic N) is 3. The molecule has 1 unspecified atom stereocenters. The first-order valence-corrected chi connectivity index (χ1v) is 12.8. The van der Waals surface area contributed by atoms with Crippen LogP contribution in [0, 0.1) is 12.8 Å². The number of carboxylic acid groups (broad SMARTS) is 1. The number of hydrogen-bond donors (Lipinski definition) is 2. The molecule has 1 aliphatic heterocycles. The number of carbonyl (C=O) groups is 2. The average Bonchev–Trinajstić information content (AvgIpc) is 2.91. The zero-order valence-electron chi connectivity index (χ0n) is 21.7. The van der Waals surface area contributed by atoms with Gasteiger partial charge in [0.1, 0.15) is 0 Å². The van der Waals surface area contributed by atoms with Crippen LogP contribution in [0.3, 0.4) is 0 Å². The molecule has 38 heavy (non-hydrogen) atoms. The van der Waals surface area contributed by atoms with Crippen molar-refractivity contribution in [2.24, 2.45) is 18.1 Å². The van der Waals surface area contributed by atoms with Crippen LogP contribution in [0.4, 0.5) is 0 Å². The van der Waals surface area contributed by atoms with Crippen molar-refractivity contribution < 1.29 is 19.9 Å². The first-order chi connectivity index (χ1) is 18.3. The molecule has 2 aromatic carbocycles. The summed E-state index contributed by atoms with van der Waals surface area (Å²) in [4.78, 5) is 37.8. The molecule has 1 amide bonds. The molecule has 1 fully saturated rings. The van der Waals surface area contributed by atoms with Gasteiger partial charge in [0.05, 0.1) is 5.71 Å². The normalized spacial score (nSPS) is 15.3. The molecule has 3 aromatic rings. The number of likely N-dealkylation sites (tertiary alicyclic amines) is 1. The van der Waals surface area contributed by atoms with E-state index in [-0.39, 0.29) is 29.7 Å². The topological polar surface area (TPSA) is 112 Å². The quantitative estimate of drug-likeness (QED) is 0.262. The Hall–Kier alpha value is -4.20. The number of pyridine rings is 1. The predicted molar refractivity (Wildman–Crippen MR) is 145 cm³/mol. The van der Waals surface area contributed by atoms with Crippen molar-refractivity contribution in [2.75, 3.05) is 13.1 Å². The van der Waals surface area contributed by atoms with Gasteiger partial charge in [-0.05, 0) is 60.6 Å². The molecular weight excluding hydrogens is 482 g/mol. The number of benzene rings is 2. The number of amides is 1. The fraction of sp³-hybridized carbons (Fsp3) is 0.333. The minimum Gasteiger partial charge on any atom is -0.481 e. The van der Waals surface area contributed by atoms with E-state index >= 15 is 0 Å². The van der Waals surface area contributed by atoms with E-state index in [0.29, 0.717) is 49.2 Å². The molecule has 0 saturated carbocycles. The Balaban J connectivity index is 1.57. The molecule has 0 aliphatic carbocycles. The van der Waals surface area contributed by atoms with Gasteiger partial charge in [-0.25, -0.2) is 0 Å². The summed E-state index contributed by atoms with van der Waals surface area (Å²) in [5.41, 5.74) is 4.71. The van der Waals surface area contributed by atoms with Crippen molar-refractivity contribution in [2.45, 2.75) is 38.5 Å². The van der Waals surface area contributed by atoms with Crippen molar-refractivity contribution in [1.82, 2.24) is 9.47 Å². The summed E-state index contributed by atoms with van der Waals surface area (Å²) < 4.78 is 1.45. The van der Waals surface area contributed by atoms with E-state index in [2.05, 4.69) is 11.2 Å². The third kappa shape index (κ3) is 6.19. The van der Waals surface area contributed by atoms with Crippen LogP contribution in [0.15, 0.2) is 76.8 Å². The van der Waals surface area contributed by atoms with Gasteiger partial charge in [-0.1, -0.05) is 41.6 Å². The van der Waals surface area contributed by atoms with E-state index in [1.807, 2.05) is 49.4 Å². The lowest BCUT2D eigenvalue weighted by molar-refractivity contribution is -0.138. The third-order valence-corrected chi connectivity index (χ3v) is 7.43. The van der Waals surface area contributed by atoms with Gasteiger partial charge in [0.15, 0.2) is 0 Å². The number of hydrogen-bond acceptors (Lipinski definition) is 5. The Bertz CT molecular complexity index is 1390. The van der Waals surface area contributed by atoms with Crippen molar-refractivity contribution in [3.63, 3.8) is 0 Å². The Morgan fingerprint density at radius 2 is 1.66 bits per heavy atom. The van der Waals surface area contributed by atoms with Gasteiger partial charge in [-0.2, -0.15) is 0 Å². The van der Waals surface area contributed by atoms with E-state index in [4.69, 9.17) is 5.11 Å². The highest BCUT2D eigenvalue weighted by Gasteiger charge is 2.26. The molecule has 0 bridgehead atoms. The first-order valence-electron chi connectivity index (χ1n) is 12.8. The van der Waals surface area contributed by atoms with Crippen LogP contribution in [-0.2, 0) is 11.8 Å². The number of aliphatic carboxylic acids is 1. The molecule has 2 N–H and O–H groups in total. The van der Waals surface area contributed by atoms with Crippen LogP contribution in [-0.4, -0.2) is 50.5 Å². The second-order valence-electron chi connectivity index (χ2n) is 9.98. The predicted octanol–water partition coefficient (Wildman–Crippen LogP) is 4.42. The van der Waals surface area contributed by atoms with Gasteiger partial charge in [-0.15, -0.1) is 0 Å². The zero-order chi connectivity index (χ0) is 27.2. The van der Waals surface area contributed by atoms with Crippen molar-refractivity contribution >= 4 is 17.6 Å². The summed E-state index contributed by atoms with van der Waals surface area (Å²) in [6, 6.07) is 18.7. The van der Waals surface area contributed by atoms with Gasteiger partial charge in [0.25, 0.3) is 5.91 Å². The van der Waals surface area contributed by atoms with Crippen molar-refractivity contribution in [3.05, 3.63) is 105 Å². The standard InChI is InChI=1S/C30H33N3O5/c1-20-5-3-4-6-25(20)26(18-27(31-38)24-11-12-28(34)32(2)19-24)22-7-9-23(10-8-22)30(37)33-15-13-21(14-16-33)17-29(35)36/h3-12,19,21,26,38H,13-18H2,1-2H3,(H,35,36)/b31-27-. The molecule has 0 spiro atoms. The minimum atomic E-state index is -0.792. The van der Waals surface area contributed by atoms with Crippen LogP contribution in [0.5, 0.6) is 0 Å². The molecule has 0 radical (unpaired) electrons. The smallest absolute Gasteiger partial charge is 0.303 e. The van der Waals surface area contributed by atoms with E-state index < -0.39 is 5.97 Å². The summed E-state index contributed by atoms with van der Waals surface area (Å²) in [7, 11) is 1.66. The van der Waals surface area contributed by atoms with Gasteiger partial charge in [-0.3, -0.25) is 14.4 Å². The van der Waals surface area contributed by atoms with E-state index in [0.717, 1.165) is 16.7 Å². The molecule has 4 rings (SSSR count). The summed E-state index contributed by atoms with van der Waals surface area (Å²) >= 11 is 0. The number of oxime groups is 1. The summed E-state index contributed by atoms with van der Waals surface area (Å²) in [5.74, 6) is -0.877. The fourth-order valence-electron chi connectivity index (χ4n) is 5.19. The lowest BCUT2D eigenvalue weighted by Gasteiger charge is -2.31. The molecular formula is C30H33N3O5. The van der Waals surface area contributed by atoms with Gasteiger partial charge in [0, 0.05) is 62.3 Å². The molecule has 2 heterocycles. The largest absolute Gasteiger partial charge is 0.481 e. The van der Waals surface area contributed by atoms with Crippen LogP contribution in [0.25, 0.3) is 0 Å². The molecule has 1 saturated heterocycles. The molecule has 1 atom stereocenters. The van der Waals surface area contributed by atoms with Crippen LogP contribution in [0.2, 0.25) is 0 Å². The first kappa shape index (κ1) is 26.9. The summed E-state index contributed by atoms with van der Waals surface area (Å²) in [6.07, 6.45) is 3.59. The number of carbonyl (C=O) groups excluding carboxylic acids is 1. The van der Waals surface area contributed by atoms with Crippen LogP contribution >= 0.6 is 0 Å². The molecule has 198 valence electrons.